The number of amidine groups is 1. The Hall–Kier alpha value is -2.83. The molecule has 0 aliphatic heterocycles. The molecule has 108 valence electrons. The van der Waals surface area contributed by atoms with Gasteiger partial charge < -0.3 is 15.5 Å². The molecule has 0 aliphatic rings. The van der Waals surface area contributed by atoms with Crippen LogP contribution in [0, 0.1) is 0 Å². The van der Waals surface area contributed by atoms with Crippen molar-refractivity contribution < 1.29 is 5.21 Å². The van der Waals surface area contributed by atoms with Crippen molar-refractivity contribution in [2.45, 2.75) is 13.0 Å². The molecule has 0 spiro atoms. The van der Waals surface area contributed by atoms with Gasteiger partial charge in [-0.2, -0.15) is 5.10 Å². The van der Waals surface area contributed by atoms with E-state index in [4.69, 9.17) is 10.9 Å². The first-order chi connectivity index (χ1) is 10.2. The average molecular weight is 284 g/mol. The minimum atomic E-state index is 0.137. The standard InChI is InChI=1S/C14H16N6O/c1-19-8-10(7-16-19)9-20-12-5-3-2-4-11(12)17-14(20)6-13(15)18-21/h2-5,7-8,21H,6,9H2,1H3,(H2,15,18). The second-order valence-corrected chi connectivity index (χ2v) is 4.89. The van der Waals surface area contributed by atoms with Crippen LogP contribution in [0.15, 0.2) is 41.8 Å². The highest BCUT2D eigenvalue weighted by molar-refractivity contribution is 5.83. The maximum absolute atomic E-state index is 8.77. The minimum absolute atomic E-state index is 0.137. The molecule has 1 aromatic carbocycles. The molecule has 0 radical (unpaired) electrons. The second-order valence-electron chi connectivity index (χ2n) is 4.89. The molecule has 0 aliphatic carbocycles. The Balaban J connectivity index is 2.06. The Bertz CT molecular complexity index is 801. The predicted molar refractivity (Wildman–Crippen MR) is 79.2 cm³/mol. The van der Waals surface area contributed by atoms with Crippen molar-refractivity contribution >= 4 is 16.9 Å². The maximum Gasteiger partial charge on any atom is 0.146 e. The van der Waals surface area contributed by atoms with Crippen LogP contribution >= 0.6 is 0 Å². The van der Waals surface area contributed by atoms with Crippen molar-refractivity contribution in [2.75, 3.05) is 0 Å². The Labute approximate surface area is 121 Å². The summed E-state index contributed by atoms with van der Waals surface area (Å²) in [6.45, 7) is 0.641. The number of aromatic nitrogens is 4. The molecule has 3 N–H and O–H groups in total. The predicted octanol–water partition coefficient (Wildman–Crippen LogP) is 1.11. The number of hydrogen-bond donors (Lipinski definition) is 2. The van der Waals surface area contributed by atoms with Crippen molar-refractivity contribution in [2.24, 2.45) is 17.9 Å². The lowest BCUT2D eigenvalue weighted by Crippen LogP contribution is -2.18. The number of rotatable bonds is 4. The quantitative estimate of drug-likeness (QED) is 0.325. The Kier molecular flexibility index (Phi) is 3.31. The number of para-hydroxylation sites is 2. The van der Waals surface area contributed by atoms with Crippen molar-refractivity contribution in [1.29, 1.82) is 0 Å². The number of imidazole rings is 1. The first-order valence-electron chi connectivity index (χ1n) is 6.55. The second kappa shape index (κ2) is 5.28. The van der Waals surface area contributed by atoms with E-state index in [1.807, 2.05) is 43.7 Å². The molecular weight excluding hydrogens is 268 g/mol. The Morgan fingerprint density at radius 3 is 2.90 bits per heavy atom. The van der Waals surface area contributed by atoms with Crippen molar-refractivity contribution in [1.82, 2.24) is 19.3 Å². The van der Waals surface area contributed by atoms with Crippen LogP contribution in [0.25, 0.3) is 11.0 Å². The van der Waals surface area contributed by atoms with Crippen LogP contribution in [0.4, 0.5) is 0 Å². The van der Waals surface area contributed by atoms with Crippen molar-refractivity contribution in [3.8, 4) is 0 Å². The monoisotopic (exact) mass is 284 g/mol. The van der Waals surface area contributed by atoms with E-state index in [1.54, 1.807) is 4.68 Å². The fourth-order valence-corrected chi connectivity index (χ4v) is 2.37. The summed E-state index contributed by atoms with van der Waals surface area (Å²) in [5, 5.41) is 16.0. The van der Waals surface area contributed by atoms with Gasteiger partial charge in [0.15, 0.2) is 0 Å². The van der Waals surface area contributed by atoms with Crippen molar-refractivity contribution in [3.63, 3.8) is 0 Å². The lowest BCUT2D eigenvalue weighted by Gasteiger charge is -2.07. The van der Waals surface area contributed by atoms with E-state index in [-0.39, 0.29) is 5.84 Å². The molecule has 21 heavy (non-hydrogen) atoms. The van der Waals surface area contributed by atoms with Crippen LogP contribution in [0.2, 0.25) is 0 Å². The number of benzene rings is 1. The third kappa shape index (κ3) is 2.58. The van der Waals surface area contributed by atoms with E-state index in [1.165, 1.54) is 0 Å². The normalized spacial score (nSPS) is 12.1. The molecule has 0 amide bonds. The molecule has 3 aromatic rings. The maximum atomic E-state index is 8.77. The average Bonchev–Trinajstić information content (AvgIpc) is 3.04. The number of aryl methyl sites for hydroxylation is 1. The molecule has 0 unspecified atom stereocenters. The molecule has 7 nitrogen and oxygen atoms in total. The van der Waals surface area contributed by atoms with Gasteiger partial charge in [-0.05, 0) is 12.1 Å². The molecule has 7 heteroatoms. The molecule has 0 fully saturated rings. The summed E-state index contributed by atoms with van der Waals surface area (Å²) in [6, 6.07) is 7.87. The zero-order chi connectivity index (χ0) is 14.8. The number of nitrogens with two attached hydrogens (primary N) is 1. The first-order valence-corrected chi connectivity index (χ1v) is 6.55. The van der Waals surface area contributed by atoms with Gasteiger partial charge in [0.1, 0.15) is 11.7 Å². The summed E-state index contributed by atoms with van der Waals surface area (Å²) in [6.07, 6.45) is 4.08. The van der Waals surface area contributed by atoms with Crippen LogP contribution in [-0.2, 0) is 20.0 Å². The number of hydrogen-bond acceptors (Lipinski definition) is 4. The Morgan fingerprint density at radius 2 is 2.19 bits per heavy atom. The summed E-state index contributed by atoms with van der Waals surface area (Å²) in [7, 11) is 1.88. The van der Waals surface area contributed by atoms with Gasteiger partial charge in [-0.15, -0.1) is 0 Å². The van der Waals surface area contributed by atoms with Crippen LogP contribution in [0.1, 0.15) is 11.4 Å². The highest BCUT2D eigenvalue weighted by Gasteiger charge is 2.13. The highest BCUT2D eigenvalue weighted by Crippen LogP contribution is 2.18. The van der Waals surface area contributed by atoms with Gasteiger partial charge in [0.05, 0.1) is 30.2 Å². The van der Waals surface area contributed by atoms with E-state index < -0.39 is 0 Å². The van der Waals surface area contributed by atoms with E-state index in [9.17, 15) is 0 Å². The van der Waals surface area contributed by atoms with E-state index >= 15 is 0 Å². The third-order valence-electron chi connectivity index (χ3n) is 3.30. The summed E-state index contributed by atoms with van der Waals surface area (Å²) < 4.78 is 3.82. The van der Waals surface area contributed by atoms with E-state index in [0.717, 1.165) is 22.4 Å². The molecular formula is C14H16N6O. The summed E-state index contributed by atoms with van der Waals surface area (Å²) >= 11 is 0. The van der Waals surface area contributed by atoms with Gasteiger partial charge in [-0.25, -0.2) is 4.98 Å². The molecule has 2 aromatic heterocycles. The smallest absolute Gasteiger partial charge is 0.146 e. The SMILES string of the molecule is Cn1cc(Cn2c(CC(N)=NO)nc3ccccc32)cn1. The molecule has 3 rings (SSSR count). The Morgan fingerprint density at radius 1 is 1.38 bits per heavy atom. The van der Waals surface area contributed by atoms with E-state index in [2.05, 4.69) is 19.8 Å². The lowest BCUT2D eigenvalue weighted by atomic mass is 10.3. The van der Waals surface area contributed by atoms with Gasteiger partial charge in [0.2, 0.25) is 0 Å². The van der Waals surface area contributed by atoms with Gasteiger partial charge >= 0.3 is 0 Å². The molecule has 0 saturated heterocycles. The lowest BCUT2D eigenvalue weighted by molar-refractivity contribution is 0.317. The summed E-state index contributed by atoms with van der Waals surface area (Å²) in [5.41, 5.74) is 8.60. The molecule has 0 atom stereocenters. The van der Waals surface area contributed by atoms with Gasteiger partial charge in [-0.1, -0.05) is 17.3 Å². The zero-order valence-corrected chi connectivity index (χ0v) is 11.6. The highest BCUT2D eigenvalue weighted by atomic mass is 16.4. The first kappa shape index (κ1) is 13.2. The van der Waals surface area contributed by atoms with Crippen LogP contribution in [0.3, 0.4) is 0 Å². The topological polar surface area (TPSA) is 94.2 Å². The van der Waals surface area contributed by atoms with Gasteiger partial charge in [0, 0.05) is 18.8 Å². The zero-order valence-electron chi connectivity index (χ0n) is 11.6. The molecule has 2 heterocycles. The summed E-state index contributed by atoms with van der Waals surface area (Å²) in [5.74, 6) is 0.896. The number of oxime groups is 1. The molecule has 0 saturated carbocycles. The van der Waals surface area contributed by atoms with Gasteiger partial charge in [0.25, 0.3) is 0 Å². The van der Waals surface area contributed by atoms with Crippen LogP contribution in [0.5, 0.6) is 0 Å². The minimum Gasteiger partial charge on any atom is -0.409 e. The third-order valence-corrected chi connectivity index (χ3v) is 3.30. The van der Waals surface area contributed by atoms with Crippen LogP contribution in [-0.4, -0.2) is 30.4 Å². The fourth-order valence-electron chi connectivity index (χ4n) is 2.37. The largest absolute Gasteiger partial charge is 0.409 e. The number of nitrogens with zero attached hydrogens (tertiary/aromatic N) is 5. The van der Waals surface area contributed by atoms with E-state index in [0.29, 0.717) is 13.0 Å². The number of fused-ring (bicyclic) bond motifs is 1. The molecule has 0 bridgehead atoms. The summed E-state index contributed by atoms with van der Waals surface area (Å²) in [4.78, 5) is 4.57. The fraction of sp³-hybridized carbons (Fsp3) is 0.214. The van der Waals surface area contributed by atoms with Crippen molar-refractivity contribution in [3.05, 3.63) is 48.0 Å². The van der Waals surface area contributed by atoms with Gasteiger partial charge in [-0.3, -0.25) is 4.68 Å². The van der Waals surface area contributed by atoms with Crippen LogP contribution < -0.4 is 5.73 Å².